The van der Waals surface area contributed by atoms with E-state index in [9.17, 15) is 0 Å². The van der Waals surface area contributed by atoms with E-state index in [1.165, 1.54) is 0 Å². The van der Waals surface area contributed by atoms with Crippen molar-refractivity contribution < 1.29 is 9.47 Å². The number of alkyl halides is 1. The highest BCUT2D eigenvalue weighted by atomic mass is 127. The van der Waals surface area contributed by atoms with Gasteiger partial charge in [-0.1, -0.05) is 58.5 Å². The average molecular weight is 415 g/mol. The summed E-state index contributed by atoms with van der Waals surface area (Å²) in [6, 6.07) is 16.1. The molecule has 0 amide bonds. The third-order valence-corrected chi connectivity index (χ3v) is 5.69. The van der Waals surface area contributed by atoms with Crippen LogP contribution in [-0.4, -0.2) is 17.6 Å². The largest absolute Gasteiger partial charge is 0.497 e. The molecule has 1 heterocycles. The van der Waals surface area contributed by atoms with Crippen LogP contribution in [0.4, 0.5) is 0 Å². The van der Waals surface area contributed by atoms with E-state index >= 15 is 0 Å². The van der Waals surface area contributed by atoms with E-state index in [1.807, 2.05) is 24.3 Å². The molecule has 0 radical (unpaired) electrons. The van der Waals surface area contributed by atoms with Crippen LogP contribution < -0.4 is 4.74 Å². The summed E-state index contributed by atoms with van der Waals surface area (Å²) in [5, 5.41) is 0.742. The van der Waals surface area contributed by atoms with Crippen molar-refractivity contribution in [3.8, 4) is 5.75 Å². The Bertz CT molecular complexity index is 612. The number of rotatable bonds is 3. The lowest BCUT2D eigenvalue weighted by molar-refractivity contribution is 0.0407. The quantitative estimate of drug-likeness (QED) is 0.530. The maximum Gasteiger partial charge on any atom is 0.130 e. The van der Waals surface area contributed by atoms with Crippen molar-refractivity contribution in [1.82, 2.24) is 0 Å². The van der Waals surface area contributed by atoms with Crippen molar-refractivity contribution in [3.63, 3.8) is 0 Å². The number of hydrogen-bond acceptors (Lipinski definition) is 2. The Labute approximate surface area is 143 Å². The number of halogens is 2. The van der Waals surface area contributed by atoms with Gasteiger partial charge >= 0.3 is 0 Å². The summed E-state index contributed by atoms with van der Waals surface area (Å²) in [5.74, 6) is 0.855. The summed E-state index contributed by atoms with van der Waals surface area (Å²) in [6.45, 7) is 0.766. The summed E-state index contributed by atoms with van der Waals surface area (Å²) >= 11 is 8.52. The first kappa shape index (κ1) is 15.1. The minimum absolute atomic E-state index is 0.379. The first-order valence-electron chi connectivity index (χ1n) is 6.85. The first-order chi connectivity index (χ1) is 10.2. The van der Waals surface area contributed by atoms with Crippen LogP contribution in [0.5, 0.6) is 5.75 Å². The summed E-state index contributed by atoms with van der Waals surface area (Å²) in [4.78, 5) is 0. The summed E-state index contributed by atoms with van der Waals surface area (Å²) < 4.78 is 11.9. The molecule has 2 nitrogen and oxygen atoms in total. The lowest BCUT2D eigenvalue weighted by Gasteiger charge is -2.33. The molecule has 110 valence electrons. The van der Waals surface area contributed by atoms with Crippen LogP contribution in [0.2, 0.25) is 5.02 Å². The molecule has 2 aromatic carbocycles. The molecule has 1 aliphatic heterocycles. The molecule has 21 heavy (non-hydrogen) atoms. The summed E-state index contributed by atoms with van der Waals surface area (Å²) in [6.07, 6.45) is 1.04. The van der Waals surface area contributed by atoms with Gasteiger partial charge in [-0.05, 0) is 41.8 Å². The van der Waals surface area contributed by atoms with Crippen LogP contribution in [0.15, 0.2) is 48.5 Å². The molecule has 0 bridgehead atoms. The van der Waals surface area contributed by atoms with E-state index in [2.05, 4.69) is 46.9 Å². The standard InChI is InChI=1S/C17H16ClIO2/c1-20-15-8-4-13(5-9-15)17(16(19)10-11-21-17)12-2-6-14(18)7-3-12/h2-9,16H,10-11H2,1H3/t16-,17+/m1/s1. The van der Waals surface area contributed by atoms with Gasteiger partial charge in [0.25, 0.3) is 0 Å². The smallest absolute Gasteiger partial charge is 0.130 e. The van der Waals surface area contributed by atoms with Crippen molar-refractivity contribution in [2.45, 2.75) is 15.9 Å². The third kappa shape index (κ3) is 2.67. The van der Waals surface area contributed by atoms with Gasteiger partial charge in [0.1, 0.15) is 11.4 Å². The second kappa shape index (κ2) is 6.15. The number of hydrogen-bond donors (Lipinski definition) is 0. The van der Waals surface area contributed by atoms with Gasteiger partial charge in [-0.15, -0.1) is 0 Å². The van der Waals surface area contributed by atoms with Crippen LogP contribution >= 0.6 is 34.2 Å². The van der Waals surface area contributed by atoms with Crippen molar-refractivity contribution in [2.75, 3.05) is 13.7 Å². The Morgan fingerprint density at radius 3 is 2.14 bits per heavy atom. The van der Waals surface area contributed by atoms with E-state index in [-0.39, 0.29) is 0 Å². The zero-order valence-electron chi connectivity index (χ0n) is 11.7. The Hall–Kier alpha value is -0.780. The van der Waals surface area contributed by atoms with E-state index < -0.39 is 5.60 Å². The van der Waals surface area contributed by atoms with Gasteiger partial charge < -0.3 is 9.47 Å². The van der Waals surface area contributed by atoms with E-state index in [0.717, 1.165) is 34.9 Å². The highest BCUT2D eigenvalue weighted by Gasteiger charge is 2.46. The van der Waals surface area contributed by atoms with Gasteiger partial charge in [-0.2, -0.15) is 0 Å². The zero-order valence-corrected chi connectivity index (χ0v) is 14.6. The molecule has 1 fully saturated rings. The Balaban J connectivity index is 2.10. The first-order valence-corrected chi connectivity index (χ1v) is 8.48. The Morgan fingerprint density at radius 2 is 1.67 bits per heavy atom. The highest BCUT2D eigenvalue weighted by molar-refractivity contribution is 14.1. The SMILES string of the molecule is COc1ccc([C@]2(c3ccc(Cl)cc3)OCC[C@H]2I)cc1. The van der Waals surface area contributed by atoms with Crippen molar-refractivity contribution >= 4 is 34.2 Å². The molecule has 2 atom stereocenters. The maximum atomic E-state index is 6.25. The zero-order chi connectivity index (χ0) is 14.9. The Morgan fingerprint density at radius 1 is 1.10 bits per heavy atom. The van der Waals surface area contributed by atoms with Crippen molar-refractivity contribution in [2.24, 2.45) is 0 Å². The van der Waals surface area contributed by atoms with Crippen LogP contribution in [0, 0.1) is 0 Å². The molecule has 2 aromatic rings. The van der Waals surface area contributed by atoms with Gasteiger partial charge in [0, 0.05) is 11.6 Å². The van der Waals surface area contributed by atoms with E-state index in [1.54, 1.807) is 7.11 Å². The molecule has 0 unspecified atom stereocenters. The average Bonchev–Trinajstić information content (AvgIpc) is 2.91. The molecule has 3 rings (SSSR count). The van der Waals surface area contributed by atoms with E-state index in [0.29, 0.717) is 3.92 Å². The van der Waals surface area contributed by atoms with Gasteiger partial charge in [0.2, 0.25) is 0 Å². The number of benzene rings is 2. The monoisotopic (exact) mass is 414 g/mol. The maximum absolute atomic E-state index is 6.25. The van der Waals surface area contributed by atoms with Gasteiger partial charge in [0.15, 0.2) is 0 Å². The number of ether oxygens (including phenoxy) is 2. The van der Waals surface area contributed by atoms with Crippen molar-refractivity contribution in [3.05, 3.63) is 64.7 Å². The van der Waals surface area contributed by atoms with Gasteiger partial charge in [0.05, 0.1) is 11.0 Å². The molecular weight excluding hydrogens is 399 g/mol. The molecular formula is C17H16ClIO2. The lowest BCUT2D eigenvalue weighted by Crippen LogP contribution is -2.34. The topological polar surface area (TPSA) is 18.5 Å². The Kier molecular flexibility index (Phi) is 4.43. The van der Waals surface area contributed by atoms with Crippen LogP contribution in [0.25, 0.3) is 0 Å². The lowest BCUT2D eigenvalue weighted by atomic mass is 9.84. The fourth-order valence-corrected chi connectivity index (χ4v) is 4.13. The van der Waals surface area contributed by atoms with Crippen LogP contribution in [0.3, 0.4) is 0 Å². The summed E-state index contributed by atoms with van der Waals surface area (Å²) in [7, 11) is 1.68. The molecule has 4 heteroatoms. The minimum atomic E-state index is -0.405. The van der Waals surface area contributed by atoms with Crippen LogP contribution in [-0.2, 0) is 10.3 Å². The second-order valence-corrected chi connectivity index (χ2v) is 7.02. The fraction of sp³-hybridized carbons (Fsp3) is 0.294. The molecule has 0 aromatic heterocycles. The van der Waals surface area contributed by atoms with Crippen LogP contribution in [0.1, 0.15) is 17.5 Å². The molecule has 0 spiro atoms. The third-order valence-electron chi connectivity index (χ3n) is 3.93. The molecule has 1 aliphatic rings. The molecule has 0 aliphatic carbocycles. The molecule has 0 N–H and O–H groups in total. The second-order valence-electron chi connectivity index (χ2n) is 5.08. The van der Waals surface area contributed by atoms with Crippen molar-refractivity contribution in [1.29, 1.82) is 0 Å². The molecule has 0 saturated carbocycles. The molecule has 1 saturated heterocycles. The fourth-order valence-electron chi connectivity index (χ4n) is 2.85. The predicted molar refractivity (Wildman–Crippen MR) is 93.6 cm³/mol. The number of methoxy groups -OCH3 is 1. The van der Waals surface area contributed by atoms with Gasteiger partial charge in [-0.25, -0.2) is 0 Å². The van der Waals surface area contributed by atoms with Gasteiger partial charge in [-0.3, -0.25) is 0 Å². The van der Waals surface area contributed by atoms with E-state index in [4.69, 9.17) is 21.1 Å². The minimum Gasteiger partial charge on any atom is -0.497 e. The summed E-state index contributed by atoms with van der Waals surface area (Å²) in [5.41, 5.74) is 1.90. The normalized spacial score (nSPS) is 25.0. The highest BCUT2D eigenvalue weighted by Crippen LogP contribution is 2.46. The predicted octanol–water partition coefficient (Wildman–Crippen LogP) is 4.82.